The van der Waals surface area contributed by atoms with E-state index in [-0.39, 0.29) is 11.5 Å². The largest absolute Gasteiger partial charge is 0.372 e. The van der Waals surface area contributed by atoms with Crippen molar-refractivity contribution in [2.45, 2.75) is 37.2 Å². The van der Waals surface area contributed by atoms with Crippen LogP contribution in [0.2, 0.25) is 0 Å². The summed E-state index contributed by atoms with van der Waals surface area (Å²) in [5.74, 6) is 0. The van der Waals surface area contributed by atoms with Crippen LogP contribution in [0.4, 0.5) is 0 Å². The Morgan fingerprint density at radius 2 is 1.83 bits per heavy atom. The Labute approximate surface area is 108 Å². The lowest BCUT2D eigenvalue weighted by atomic mass is 9.87. The molecule has 1 N–H and O–H groups in total. The van der Waals surface area contributed by atoms with Crippen molar-refractivity contribution in [3.05, 3.63) is 29.8 Å². The van der Waals surface area contributed by atoms with Gasteiger partial charge in [0.1, 0.15) is 0 Å². The maximum Gasteiger partial charge on any atom is 0.240 e. The van der Waals surface area contributed by atoms with E-state index in [2.05, 4.69) is 25.5 Å². The van der Waals surface area contributed by atoms with Crippen LogP contribution in [0.5, 0.6) is 0 Å². The minimum Gasteiger partial charge on any atom is -0.372 e. The fourth-order valence-electron chi connectivity index (χ4n) is 1.61. The summed E-state index contributed by atoms with van der Waals surface area (Å²) in [4.78, 5) is 0.302. The Hall–Kier alpha value is -0.910. The average Bonchev–Trinajstić information content (AvgIpc) is 3.09. The highest BCUT2D eigenvalue weighted by Gasteiger charge is 2.25. The summed E-state index contributed by atoms with van der Waals surface area (Å²) < 4.78 is 31.4. The van der Waals surface area contributed by atoms with E-state index in [0.717, 1.165) is 5.56 Å². The molecule has 0 aromatic heterocycles. The molecule has 1 aliphatic rings. The van der Waals surface area contributed by atoms with Crippen molar-refractivity contribution >= 4 is 10.0 Å². The molecule has 4 nitrogen and oxygen atoms in total. The number of hydrogen-bond acceptors (Lipinski definition) is 3. The Morgan fingerprint density at radius 1 is 1.28 bits per heavy atom. The first-order valence-corrected chi connectivity index (χ1v) is 7.49. The van der Waals surface area contributed by atoms with Crippen LogP contribution in [0.3, 0.4) is 0 Å². The predicted octanol–water partition coefficient (Wildman–Crippen LogP) is 1.66. The number of epoxide rings is 1. The maximum absolute atomic E-state index is 12.0. The number of nitrogens with one attached hydrogen (secondary N) is 1. The zero-order valence-corrected chi connectivity index (χ0v) is 11.8. The topological polar surface area (TPSA) is 58.7 Å². The SMILES string of the molecule is CC(C)(C)c1ccc(S(=O)(=O)NC[C@@H]2CO2)cc1. The Balaban J connectivity index is 2.12. The van der Waals surface area contributed by atoms with E-state index in [4.69, 9.17) is 4.74 Å². The van der Waals surface area contributed by atoms with Gasteiger partial charge in [-0.2, -0.15) is 0 Å². The molecule has 100 valence electrons. The highest BCUT2D eigenvalue weighted by Crippen LogP contribution is 2.23. The molecule has 1 atom stereocenters. The molecular formula is C13H19NO3S. The number of hydrogen-bond donors (Lipinski definition) is 1. The van der Waals surface area contributed by atoms with Gasteiger partial charge in [-0.25, -0.2) is 13.1 Å². The van der Waals surface area contributed by atoms with Gasteiger partial charge in [0.05, 0.1) is 17.6 Å². The Kier molecular flexibility index (Phi) is 3.49. The molecule has 0 spiro atoms. The Morgan fingerprint density at radius 3 is 2.28 bits per heavy atom. The van der Waals surface area contributed by atoms with Gasteiger partial charge in [0.25, 0.3) is 0 Å². The van der Waals surface area contributed by atoms with Gasteiger partial charge in [-0.3, -0.25) is 0 Å². The minimum atomic E-state index is -3.41. The maximum atomic E-state index is 12.0. The summed E-state index contributed by atoms with van der Waals surface area (Å²) in [6, 6.07) is 7.03. The van der Waals surface area contributed by atoms with Crippen LogP contribution in [-0.2, 0) is 20.2 Å². The molecule has 18 heavy (non-hydrogen) atoms. The van der Waals surface area contributed by atoms with Crippen LogP contribution in [0.1, 0.15) is 26.3 Å². The van der Waals surface area contributed by atoms with Crippen LogP contribution >= 0.6 is 0 Å². The lowest BCUT2D eigenvalue weighted by molar-refractivity contribution is 0.406. The van der Waals surface area contributed by atoms with Crippen LogP contribution < -0.4 is 4.72 Å². The van der Waals surface area contributed by atoms with E-state index in [1.54, 1.807) is 12.1 Å². The summed E-state index contributed by atoms with van der Waals surface area (Å²) in [5, 5.41) is 0. The molecule has 1 saturated heterocycles. The second kappa shape index (κ2) is 4.64. The summed E-state index contributed by atoms with van der Waals surface area (Å²) >= 11 is 0. The summed E-state index contributed by atoms with van der Waals surface area (Å²) in [6.07, 6.45) is 0.0497. The van der Waals surface area contributed by atoms with E-state index >= 15 is 0 Å². The van der Waals surface area contributed by atoms with Crippen molar-refractivity contribution < 1.29 is 13.2 Å². The summed E-state index contributed by atoms with van der Waals surface area (Å²) in [6.45, 7) is 7.28. The zero-order valence-electron chi connectivity index (χ0n) is 10.9. The second-order valence-electron chi connectivity index (χ2n) is 5.58. The van der Waals surface area contributed by atoms with Gasteiger partial charge < -0.3 is 4.74 Å². The number of rotatable bonds is 4. The highest BCUT2D eigenvalue weighted by molar-refractivity contribution is 7.89. The van der Waals surface area contributed by atoms with Crippen LogP contribution in [0, 0.1) is 0 Å². The molecule has 0 saturated carbocycles. The van der Waals surface area contributed by atoms with Crippen molar-refractivity contribution in [1.82, 2.24) is 4.72 Å². The molecule has 0 amide bonds. The second-order valence-corrected chi connectivity index (χ2v) is 7.35. The molecule has 5 heteroatoms. The number of sulfonamides is 1. The molecular weight excluding hydrogens is 250 g/mol. The van der Waals surface area contributed by atoms with Gasteiger partial charge in [0.15, 0.2) is 0 Å². The molecule has 2 rings (SSSR count). The molecule has 1 aromatic carbocycles. The van der Waals surface area contributed by atoms with Crippen molar-refractivity contribution in [1.29, 1.82) is 0 Å². The average molecular weight is 269 g/mol. The van der Waals surface area contributed by atoms with Gasteiger partial charge in [-0.05, 0) is 23.1 Å². The molecule has 1 fully saturated rings. The number of ether oxygens (including phenoxy) is 1. The van der Waals surface area contributed by atoms with Gasteiger partial charge >= 0.3 is 0 Å². The lowest BCUT2D eigenvalue weighted by Crippen LogP contribution is -2.27. The summed E-state index contributed by atoms with van der Waals surface area (Å²) in [5.41, 5.74) is 1.14. The molecule has 0 aliphatic carbocycles. The fraction of sp³-hybridized carbons (Fsp3) is 0.538. The molecule has 0 unspecified atom stereocenters. The first kappa shape index (κ1) is 13.5. The van der Waals surface area contributed by atoms with E-state index in [9.17, 15) is 8.42 Å². The Bertz CT molecular complexity index is 510. The monoisotopic (exact) mass is 269 g/mol. The molecule has 1 aromatic rings. The zero-order chi connectivity index (χ0) is 13.4. The van der Waals surface area contributed by atoms with Crippen LogP contribution in [-0.4, -0.2) is 27.7 Å². The normalized spacial score (nSPS) is 19.8. The highest BCUT2D eigenvalue weighted by atomic mass is 32.2. The third-order valence-electron chi connectivity index (χ3n) is 2.93. The molecule has 1 heterocycles. The van der Waals surface area contributed by atoms with E-state index < -0.39 is 10.0 Å². The molecule has 0 radical (unpaired) electrons. The van der Waals surface area contributed by atoms with Crippen molar-refractivity contribution in [3.63, 3.8) is 0 Å². The number of benzene rings is 1. The quantitative estimate of drug-likeness (QED) is 0.846. The first-order valence-electron chi connectivity index (χ1n) is 6.01. The standard InChI is InChI=1S/C13H19NO3S/c1-13(2,3)10-4-6-12(7-5-10)18(15,16)14-8-11-9-17-11/h4-7,11,14H,8-9H2,1-3H3/t11-/m1/s1. The van der Waals surface area contributed by atoms with Crippen LogP contribution in [0.25, 0.3) is 0 Å². The third kappa shape index (κ3) is 3.31. The smallest absolute Gasteiger partial charge is 0.240 e. The lowest BCUT2D eigenvalue weighted by Gasteiger charge is -2.19. The van der Waals surface area contributed by atoms with E-state index in [1.165, 1.54) is 0 Å². The van der Waals surface area contributed by atoms with E-state index in [1.807, 2.05) is 12.1 Å². The molecule has 1 aliphatic heterocycles. The van der Waals surface area contributed by atoms with E-state index in [0.29, 0.717) is 18.0 Å². The van der Waals surface area contributed by atoms with Gasteiger partial charge in [-0.15, -0.1) is 0 Å². The summed E-state index contributed by atoms with van der Waals surface area (Å²) in [7, 11) is -3.41. The van der Waals surface area contributed by atoms with Crippen molar-refractivity contribution in [2.24, 2.45) is 0 Å². The van der Waals surface area contributed by atoms with Gasteiger partial charge in [0.2, 0.25) is 10.0 Å². The first-order chi connectivity index (χ1) is 8.29. The fourth-order valence-corrected chi connectivity index (χ4v) is 2.67. The predicted molar refractivity (Wildman–Crippen MR) is 70.1 cm³/mol. The minimum absolute atomic E-state index is 0.0254. The van der Waals surface area contributed by atoms with Crippen LogP contribution in [0.15, 0.2) is 29.2 Å². The molecule has 0 bridgehead atoms. The van der Waals surface area contributed by atoms with Gasteiger partial charge in [0, 0.05) is 6.54 Å². The van der Waals surface area contributed by atoms with Crippen molar-refractivity contribution in [3.8, 4) is 0 Å². The van der Waals surface area contributed by atoms with Crippen molar-refractivity contribution in [2.75, 3.05) is 13.2 Å². The van der Waals surface area contributed by atoms with Gasteiger partial charge in [-0.1, -0.05) is 32.9 Å². The third-order valence-corrected chi connectivity index (χ3v) is 4.37.